The number of fused-ring (bicyclic) bond motifs is 11. The van der Waals surface area contributed by atoms with Gasteiger partial charge in [0.25, 0.3) is 6.71 Å². The van der Waals surface area contributed by atoms with Crippen molar-refractivity contribution in [2.75, 3.05) is 14.7 Å². The summed E-state index contributed by atoms with van der Waals surface area (Å²) in [6, 6.07) is 57.7. The third kappa shape index (κ3) is 7.20. The number of aryl methyl sites for hydroxylation is 2. The Balaban J connectivity index is 1.17. The summed E-state index contributed by atoms with van der Waals surface area (Å²) in [6.45, 7) is 30.7. The zero-order valence-corrected chi connectivity index (χ0v) is 48.0. The molecule has 14 rings (SSSR count). The van der Waals surface area contributed by atoms with Crippen LogP contribution >= 0.6 is 0 Å². The van der Waals surface area contributed by atoms with Crippen molar-refractivity contribution in [2.45, 2.75) is 143 Å². The molecular formula is C72H72BN3O2. The summed E-state index contributed by atoms with van der Waals surface area (Å²) in [7, 11) is 0. The molecule has 0 saturated carbocycles. The van der Waals surface area contributed by atoms with Gasteiger partial charge in [-0.2, -0.15) is 0 Å². The van der Waals surface area contributed by atoms with Crippen molar-refractivity contribution in [1.82, 2.24) is 0 Å². The van der Waals surface area contributed by atoms with Crippen LogP contribution in [0, 0.1) is 13.8 Å². The number of hydrogen-bond donors (Lipinski definition) is 0. The van der Waals surface area contributed by atoms with Crippen LogP contribution in [0.15, 0.2) is 160 Å². The Bertz CT molecular complexity index is 4160. The first kappa shape index (κ1) is 48.9. The molecule has 2 aromatic heterocycles. The average Bonchev–Trinajstić information content (AvgIpc) is 3.87. The predicted molar refractivity (Wildman–Crippen MR) is 331 cm³/mol. The first-order valence-corrected chi connectivity index (χ1v) is 28.6. The summed E-state index contributed by atoms with van der Waals surface area (Å²) < 4.78 is 14.9. The van der Waals surface area contributed by atoms with Gasteiger partial charge in [-0.05, 0) is 189 Å². The molecule has 10 aromatic rings. The minimum atomic E-state index is -0.247. The van der Waals surface area contributed by atoms with E-state index in [1.165, 1.54) is 55.3 Å². The smallest absolute Gasteiger partial charge is 0.297 e. The molecule has 0 saturated heterocycles. The predicted octanol–water partition coefficient (Wildman–Crippen LogP) is 18.5. The minimum Gasteiger partial charge on any atom is -0.468 e. The molecule has 2 aliphatic heterocycles. The highest BCUT2D eigenvalue weighted by molar-refractivity contribution is 7.00. The third-order valence-corrected chi connectivity index (χ3v) is 19.1. The van der Waals surface area contributed by atoms with E-state index >= 15 is 0 Å². The second kappa shape index (κ2) is 16.6. The molecule has 2 aliphatic carbocycles. The van der Waals surface area contributed by atoms with E-state index in [2.05, 4.69) is 256 Å². The third-order valence-electron chi connectivity index (χ3n) is 19.1. The van der Waals surface area contributed by atoms with Gasteiger partial charge < -0.3 is 23.5 Å². The van der Waals surface area contributed by atoms with Gasteiger partial charge in [-0.1, -0.05) is 155 Å². The Morgan fingerprint density at radius 2 is 1.13 bits per heavy atom. The molecule has 4 heterocycles. The SMILES string of the molecule is Cc1cccc(N(c2cc3c4c(c2)N(c2cccc5c2oc2ccccc25)c2ccc(C(C)(C)C)cc2B4c2oc4cc5c(cc4c2N3c2ccc3c(c2)C(C)(C)CCC3(C)C)C(C)(C)CCC5(C)C)c2ccccc2C)c1. The molecule has 0 amide bonds. The number of anilines is 9. The van der Waals surface area contributed by atoms with E-state index in [0.29, 0.717) is 0 Å². The summed E-state index contributed by atoms with van der Waals surface area (Å²) in [5.74, 6) is 0. The number of benzene rings is 8. The minimum absolute atomic E-state index is 0.0000169. The number of furan rings is 2. The Morgan fingerprint density at radius 3 is 1.85 bits per heavy atom. The molecule has 5 nitrogen and oxygen atoms in total. The molecule has 0 fully saturated rings. The maximum atomic E-state index is 7.80. The zero-order chi connectivity index (χ0) is 54.2. The van der Waals surface area contributed by atoms with Crippen LogP contribution in [0.1, 0.15) is 141 Å². The van der Waals surface area contributed by atoms with Crippen LogP contribution in [0.3, 0.4) is 0 Å². The van der Waals surface area contributed by atoms with Crippen molar-refractivity contribution in [3.8, 4) is 0 Å². The molecule has 8 aromatic carbocycles. The fraction of sp³-hybridized carbons (Fsp3) is 0.306. The Labute approximate surface area is 462 Å². The fourth-order valence-corrected chi connectivity index (χ4v) is 14.3. The molecule has 390 valence electrons. The molecule has 0 atom stereocenters. The molecule has 0 N–H and O–H groups in total. The standard InChI is InChI=1S/C72H72BN3O2/c1-43-20-18-22-46(36-43)74(57-25-16-14-21-44(57)2)48-39-60-64-61(40-48)76(59-26-19-24-50-49-23-15-17-27-62(49)77-66(50)59)58-31-28-45(68(3,4)5)37-56(58)73(64)67-65(51-41-54-55(42-63(51)78-67)72(12,13)35-34-71(54,10)11)75(60)47-29-30-52-53(38-47)70(8,9)33-32-69(52,6)7/h14-31,36-42H,32-35H2,1-13H3. The molecule has 0 radical (unpaired) electrons. The number of rotatable bonds is 5. The van der Waals surface area contributed by atoms with Crippen LogP contribution in [0.4, 0.5) is 51.2 Å². The highest BCUT2D eigenvalue weighted by Gasteiger charge is 2.49. The van der Waals surface area contributed by atoms with Crippen LogP contribution < -0.4 is 31.3 Å². The summed E-state index contributed by atoms with van der Waals surface area (Å²) in [6.07, 6.45) is 4.53. The number of hydrogen-bond acceptors (Lipinski definition) is 5. The number of para-hydroxylation sites is 3. The van der Waals surface area contributed by atoms with Gasteiger partial charge in [-0.3, -0.25) is 0 Å². The topological polar surface area (TPSA) is 36.0 Å². The Kier molecular flexibility index (Phi) is 10.4. The fourth-order valence-electron chi connectivity index (χ4n) is 14.3. The maximum absolute atomic E-state index is 7.80. The first-order chi connectivity index (χ1) is 37.1. The van der Waals surface area contributed by atoms with Gasteiger partial charge in [-0.25, -0.2) is 0 Å². The van der Waals surface area contributed by atoms with Gasteiger partial charge in [0, 0.05) is 50.3 Å². The largest absolute Gasteiger partial charge is 0.468 e. The van der Waals surface area contributed by atoms with Crippen molar-refractivity contribution in [1.29, 1.82) is 0 Å². The van der Waals surface area contributed by atoms with E-state index in [1.54, 1.807) is 0 Å². The van der Waals surface area contributed by atoms with Gasteiger partial charge in [0.05, 0.1) is 22.7 Å². The van der Waals surface area contributed by atoms with Crippen LogP contribution in [0.2, 0.25) is 0 Å². The molecule has 4 aliphatic rings. The Hall–Kier alpha value is -7.44. The second-order valence-corrected chi connectivity index (χ2v) is 27.2. The lowest BCUT2D eigenvalue weighted by atomic mass is 9.35. The van der Waals surface area contributed by atoms with Crippen molar-refractivity contribution in [2.24, 2.45) is 0 Å². The van der Waals surface area contributed by atoms with Crippen LogP contribution in [-0.2, 0) is 27.1 Å². The van der Waals surface area contributed by atoms with Gasteiger partial charge in [0.15, 0.2) is 5.58 Å². The van der Waals surface area contributed by atoms with E-state index in [0.717, 1.165) is 110 Å². The molecule has 6 heteroatoms. The second-order valence-electron chi connectivity index (χ2n) is 27.2. The van der Waals surface area contributed by atoms with Crippen molar-refractivity contribution < 1.29 is 8.83 Å². The maximum Gasteiger partial charge on any atom is 0.297 e. The number of nitrogens with zero attached hydrogens (tertiary/aromatic N) is 3. The highest BCUT2D eigenvalue weighted by Crippen LogP contribution is 2.55. The lowest BCUT2D eigenvalue weighted by Gasteiger charge is -2.45. The Morgan fingerprint density at radius 1 is 0.487 bits per heavy atom. The van der Waals surface area contributed by atoms with E-state index < -0.39 is 0 Å². The molecule has 0 bridgehead atoms. The summed E-state index contributed by atoms with van der Waals surface area (Å²) in [4.78, 5) is 7.66. The van der Waals surface area contributed by atoms with Gasteiger partial charge in [0.1, 0.15) is 11.2 Å². The van der Waals surface area contributed by atoms with E-state index in [-0.39, 0.29) is 33.8 Å². The van der Waals surface area contributed by atoms with E-state index in [9.17, 15) is 0 Å². The van der Waals surface area contributed by atoms with E-state index in [1.807, 2.05) is 0 Å². The van der Waals surface area contributed by atoms with Crippen LogP contribution in [0.25, 0.3) is 32.9 Å². The monoisotopic (exact) mass is 1020 g/mol. The van der Waals surface area contributed by atoms with Crippen molar-refractivity contribution in [3.63, 3.8) is 0 Å². The average molecular weight is 1020 g/mol. The zero-order valence-electron chi connectivity index (χ0n) is 48.0. The molecule has 78 heavy (non-hydrogen) atoms. The normalized spacial score (nSPS) is 17.4. The van der Waals surface area contributed by atoms with Gasteiger partial charge >= 0.3 is 0 Å². The quantitative estimate of drug-likeness (QED) is 0.161. The van der Waals surface area contributed by atoms with Gasteiger partial charge in [-0.15, -0.1) is 0 Å². The van der Waals surface area contributed by atoms with Crippen LogP contribution in [-0.4, -0.2) is 6.71 Å². The molecule has 0 spiro atoms. The first-order valence-electron chi connectivity index (χ1n) is 28.6. The molecular weight excluding hydrogens is 950 g/mol. The molecule has 0 unspecified atom stereocenters. The highest BCUT2D eigenvalue weighted by atomic mass is 16.3. The summed E-state index contributed by atoms with van der Waals surface area (Å²) in [5, 5.41) is 3.38. The van der Waals surface area contributed by atoms with Gasteiger partial charge in [0.2, 0.25) is 0 Å². The van der Waals surface area contributed by atoms with Crippen LogP contribution in [0.5, 0.6) is 0 Å². The van der Waals surface area contributed by atoms with E-state index in [4.69, 9.17) is 8.83 Å². The summed E-state index contributed by atoms with van der Waals surface area (Å²) in [5.41, 5.74) is 25.4. The van der Waals surface area contributed by atoms with Crippen molar-refractivity contribution >= 4 is 107 Å². The summed E-state index contributed by atoms with van der Waals surface area (Å²) >= 11 is 0. The lowest BCUT2D eigenvalue weighted by molar-refractivity contribution is 0.332. The van der Waals surface area contributed by atoms with Crippen molar-refractivity contribution in [3.05, 3.63) is 191 Å². The lowest BCUT2D eigenvalue weighted by Crippen LogP contribution is -2.61.